The topological polar surface area (TPSA) is 152 Å². The normalized spacial score (nSPS) is 13.4. The number of sulfone groups is 1. The number of aromatic hydroxyl groups is 1. The van der Waals surface area contributed by atoms with Crippen molar-refractivity contribution >= 4 is 53.3 Å². The summed E-state index contributed by atoms with van der Waals surface area (Å²) in [6.07, 6.45) is -0.833. The number of hydrogen-bond acceptors (Lipinski definition) is 10. The van der Waals surface area contributed by atoms with Crippen LogP contribution in [-0.4, -0.2) is 40.9 Å². The lowest BCUT2D eigenvalue weighted by Gasteiger charge is -2.19. The van der Waals surface area contributed by atoms with Crippen molar-refractivity contribution in [2.24, 2.45) is 0 Å². The van der Waals surface area contributed by atoms with E-state index in [4.69, 9.17) is 9.47 Å². The summed E-state index contributed by atoms with van der Waals surface area (Å²) in [6.45, 7) is 6.08. The Labute approximate surface area is 231 Å². The number of benzene rings is 2. The summed E-state index contributed by atoms with van der Waals surface area (Å²) in [7, 11) is -4.04. The van der Waals surface area contributed by atoms with Crippen molar-refractivity contribution in [3.8, 4) is 23.1 Å². The van der Waals surface area contributed by atoms with Gasteiger partial charge in [-0.2, -0.15) is 10.2 Å². The molecular weight excluding hydrogens is 566 g/mol. The number of nitrogens with zero attached hydrogens (tertiary/aromatic N) is 3. The van der Waals surface area contributed by atoms with E-state index in [1.165, 1.54) is 13.0 Å². The van der Waals surface area contributed by atoms with Crippen LogP contribution in [0.15, 0.2) is 17.3 Å². The molecule has 2 aromatic carbocycles. The Kier molecular flexibility index (Phi) is 6.64. The number of anilines is 1. The number of rotatable bonds is 4. The zero-order chi connectivity index (χ0) is 29.1. The maximum atomic E-state index is 16.4. The molecule has 14 heteroatoms. The van der Waals surface area contributed by atoms with Gasteiger partial charge in [-0.05, 0) is 44.0 Å². The molecule has 208 valence electrons. The minimum Gasteiger partial charge on any atom is -0.493 e. The minimum absolute atomic E-state index is 0.0330. The van der Waals surface area contributed by atoms with E-state index in [2.05, 4.69) is 15.3 Å². The molecule has 0 spiro atoms. The van der Waals surface area contributed by atoms with Gasteiger partial charge in [0.1, 0.15) is 28.0 Å². The summed E-state index contributed by atoms with van der Waals surface area (Å²) in [5.74, 6) is -3.15. The summed E-state index contributed by atoms with van der Waals surface area (Å²) in [5.41, 5.74) is -1.60. The summed E-state index contributed by atoms with van der Waals surface area (Å²) in [6, 6.07) is 4.47. The van der Waals surface area contributed by atoms with Crippen molar-refractivity contribution in [3.05, 3.63) is 40.5 Å². The predicted molar refractivity (Wildman–Crippen MR) is 143 cm³/mol. The number of aromatic nitrogens is 2. The summed E-state index contributed by atoms with van der Waals surface area (Å²) < 4.78 is 68.2. The number of nitrogens with one attached hydrogen (secondary N) is 1. The lowest BCUT2D eigenvalue weighted by Crippen LogP contribution is -2.27. The lowest BCUT2D eigenvalue weighted by molar-refractivity contribution is 0.0636. The number of thiophene rings is 1. The van der Waals surface area contributed by atoms with Crippen molar-refractivity contribution in [1.82, 2.24) is 9.97 Å². The Morgan fingerprint density at radius 1 is 1.20 bits per heavy atom. The van der Waals surface area contributed by atoms with Crippen molar-refractivity contribution in [3.63, 3.8) is 0 Å². The number of nitriles is 1. The largest absolute Gasteiger partial charge is 0.493 e. The van der Waals surface area contributed by atoms with Gasteiger partial charge < -0.3 is 14.6 Å². The third kappa shape index (κ3) is 4.49. The maximum Gasteiger partial charge on any atom is 0.412 e. The van der Waals surface area contributed by atoms with Gasteiger partial charge in [-0.3, -0.25) is 5.32 Å². The fourth-order valence-corrected chi connectivity index (χ4v) is 6.28. The highest BCUT2D eigenvalue weighted by Gasteiger charge is 2.33. The van der Waals surface area contributed by atoms with E-state index in [-0.39, 0.29) is 56.8 Å². The maximum absolute atomic E-state index is 16.4. The monoisotopic (exact) mass is 588 g/mol. The standard InChI is InChI=1S/C26H22F2N4O6S2/c1-5-40(35,36)24-30-21-18(22(33)31-24)13-10-37-9-12(13)17(20(21)28)19-14(27)6-7-15-16(19)11(8-29)23(39-15)32-25(34)38-26(2,3)4/h6-7H,5,9-10H2,1-4H3,(H,32,34)(H,30,31,33). The van der Waals surface area contributed by atoms with Gasteiger partial charge in [0.25, 0.3) is 5.16 Å². The van der Waals surface area contributed by atoms with Crippen LogP contribution in [0.5, 0.6) is 5.88 Å². The Morgan fingerprint density at radius 2 is 1.90 bits per heavy atom. The molecule has 0 atom stereocenters. The molecule has 5 rings (SSSR count). The van der Waals surface area contributed by atoms with Crippen LogP contribution in [0, 0.1) is 23.0 Å². The number of ether oxygens (including phenoxy) is 2. The fourth-order valence-electron chi connectivity index (χ4n) is 4.52. The van der Waals surface area contributed by atoms with E-state index >= 15 is 8.78 Å². The molecule has 40 heavy (non-hydrogen) atoms. The third-order valence-corrected chi connectivity index (χ3v) is 8.77. The molecule has 1 amide bonds. The Hall–Kier alpha value is -3.93. The summed E-state index contributed by atoms with van der Waals surface area (Å²) in [5, 5.41) is 22.4. The van der Waals surface area contributed by atoms with Crippen LogP contribution < -0.4 is 5.32 Å². The third-order valence-electron chi connectivity index (χ3n) is 6.20. The summed E-state index contributed by atoms with van der Waals surface area (Å²) in [4.78, 5) is 20.1. The molecule has 10 nitrogen and oxygen atoms in total. The van der Waals surface area contributed by atoms with E-state index in [9.17, 15) is 23.6 Å². The highest BCUT2D eigenvalue weighted by atomic mass is 32.2. The van der Waals surface area contributed by atoms with E-state index in [1.54, 1.807) is 20.8 Å². The van der Waals surface area contributed by atoms with E-state index < -0.39 is 55.5 Å². The van der Waals surface area contributed by atoms with Crippen molar-refractivity contribution in [2.75, 3.05) is 11.1 Å². The smallest absolute Gasteiger partial charge is 0.412 e. The molecule has 1 aliphatic heterocycles. The second-order valence-electron chi connectivity index (χ2n) is 9.94. The minimum atomic E-state index is -4.04. The first-order chi connectivity index (χ1) is 18.8. The molecule has 0 radical (unpaired) electrons. The van der Waals surface area contributed by atoms with Gasteiger partial charge in [0.15, 0.2) is 5.82 Å². The Balaban J connectivity index is 1.84. The van der Waals surface area contributed by atoms with E-state index in [0.717, 1.165) is 17.4 Å². The van der Waals surface area contributed by atoms with Crippen LogP contribution >= 0.6 is 11.3 Å². The molecule has 2 aromatic heterocycles. The first-order valence-corrected chi connectivity index (χ1v) is 14.4. The highest BCUT2D eigenvalue weighted by molar-refractivity contribution is 7.91. The molecular formula is C26H22F2N4O6S2. The fraction of sp³-hybridized carbons (Fsp3) is 0.308. The molecule has 1 aliphatic rings. The van der Waals surface area contributed by atoms with Gasteiger partial charge >= 0.3 is 6.09 Å². The van der Waals surface area contributed by atoms with Crippen molar-refractivity contribution in [1.29, 1.82) is 5.26 Å². The molecule has 0 saturated heterocycles. The van der Waals surface area contributed by atoms with Crippen molar-refractivity contribution < 1.29 is 36.6 Å². The SMILES string of the molecule is CCS(=O)(=O)c1nc(O)c2c3c(c(-c4c(F)ccc5sc(NC(=O)OC(C)(C)C)c(C#N)c45)c(F)c2n1)COC3. The Morgan fingerprint density at radius 3 is 2.55 bits per heavy atom. The molecule has 0 aliphatic carbocycles. The number of halogens is 2. The lowest BCUT2D eigenvalue weighted by atomic mass is 9.90. The zero-order valence-electron chi connectivity index (χ0n) is 21.7. The van der Waals surface area contributed by atoms with Crippen LogP contribution in [0.4, 0.5) is 18.6 Å². The van der Waals surface area contributed by atoms with Crippen LogP contribution in [-0.2, 0) is 32.5 Å². The number of amides is 1. The molecule has 0 fully saturated rings. The quantitative estimate of drug-likeness (QED) is 0.293. The second kappa shape index (κ2) is 9.61. The molecule has 0 saturated carbocycles. The van der Waals surface area contributed by atoms with Gasteiger partial charge in [-0.1, -0.05) is 6.92 Å². The first-order valence-electron chi connectivity index (χ1n) is 12.0. The number of fused-ring (bicyclic) bond motifs is 4. The molecule has 0 bridgehead atoms. The molecule has 3 heterocycles. The number of carbonyl (C=O) groups excluding carboxylic acids is 1. The number of carbonyl (C=O) groups is 1. The zero-order valence-corrected chi connectivity index (χ0v) is 23.3. The van der Waals surface area contributed by atoms with E-state index in [0.29, 0.717) is 4.70 Å². The average molecular weight is 589 g/mol. The number of hydrogen-bond donors (Lipinski definition) is 2. The molecule has 2 N–H and O–H groups in total. The molecule has 0 unspecified atom stereocenters. The van der Waals surface area contributed by atoms with Crippen molar-refractivity contribution in [2.45, 2.75) is 51.7 Å². The first kappa shape index (κ1) is 27.6. The van der Waals surface area contributed by atoms with E-state index in [1.807, 2.05) is 6.07 Å². The molecule has 4 aromatic rings. The Bertz CT molecular complexity index is 1890. The highest BCUT2D eigenvalue weighted by Crippen LogP contribution is 2.48. The van der Waals surface area contributed by atoms with Gasteiger partial charge in [-0.25, -0.2) is 27.0 Å². The van der Waals surface area contributed by atoms with Gasteiger partial charge in [0.05, 0.1) is 29.9 Å². The summed E-state index contributed by atoms with van der Waals surface area (Å²) >= 11 is 0.975. The van der Waals surface area contributed by atoms with Crippen LogP contribution in [0.2, 0.25) is 0 Å². The van der Waals surface area contributed by atoms with Crippen LogP contribution in [0.25, 0.3) is 32.1 Å². The predicted octanol–water partition coefficient (Wildman–Crippen LogP) is 5.54. The van der Waals surface area contributed by atoms with Gasteiger partial charge in [-0.15, -0.1) is 11.3 Å². The van der Waals surface area contributed by atoms with Crippen LogP contribution in [0.1, 0.15) is 44.4 Å². The second-order valence-corrected chi connectivity index (χ2v) is 13.2. The van der Waals surface area contributed by atoms with Gasteiger partial charge in [0, 0.05) is 21.2 Å². The van der Waals surface area contributed by atoms with Gasteiger partial charge in [0.2, 0.25) is 15.7 Å². The average Bonchev–Trinajstić information content (AvgIpc) is 3.48. The van der Waals surface area contributed by atoms with Crippen LogP contribution in [0.3, 0.4) is 0 Å².